The Morgan fingerprint density at radius 1 is 0.853 bits per heavy atom. The molecule has 0 saturated carbocycles. The fraction of sp³-hybridized carbons (Fsp3) is 0.100. The summed E-state index contributed by atoms with van der Waals surface area (Å²) in [5.41, 5.74) is 9.39. The molecule has 4 heteroatoms. The molecule has 0 saturated heterocycles. The molecule has 0 radical (unpaired) electrons. The van der Waals surface area contributed by atoms with E-state index < -0.39 is 0 Å². The molecule has 0 spiro atoms. The summed E-state index contributed by atoms with van der Waals surface area (Å²) in [6, 6.07) is 31.0. The van der Waals surface area contributed by atoms with E-state index in [1.54, 1.807) is 0 Å². The van der Waals surface area contributed by atoms with Gasteiger partial charge < -0.3 is 14.0 Å². The number of carbonyl (C=O) groups is 1. The molecule has 6 rings (SSSR count). The van der Waals surface area contributed by atoms with Crippen molar-refractivity contribution in [2.45, 2.75) is 13.2 Å². The molecule has 0 fully saturated rings. The number of para-hydroxylation sites is 1. The summed E-state index contributed by atoms with van der Waals surface area (Å²) in [5.74, 6) is -0.345. The van der Waals surface area contributed by atoms with Crippen molar-refractivity contribution in [3.63, 3.8) is 0 Å². The van der Waals surface area contributed by atoms with Crippen LogP contribution in [0, 0.1) is 0 Å². The van der Waals surface area contributed by atoms with Crippen LogP contribution in [0.4, 0.5) is 0 Å². The van der Waals surface area contributed by atoms with Crippen molar-refractivity contribution < 1.29 is 14.3 Å². The molecule has 0 bridgehead atoms. The second-order valence-electron chi connectivity index (χ2n) is 8.43. The molecule has 1 aliphatic heterocycles. The van der Waals surface area contributed by atoms with Gasteiger partial charge >= 0.3 is 5.97 Å². The minimum Gasteiger partial charge on any atom is -0.465 e. The van der Waals surface area contributed by atoms with E-state index in [-0.39, 0.29) is 5.97 Å². The summed E-state index contributed by atoms with van der Waals surface area (Å²) >= 11 is 0. The third-order valence-corrected chi connectivity index (χ3v) is 6.51. The molecule has 0 unspecified atom stereocenters. The smallest absolute Gasteiger partial charge is 0.340 e. The van der Waals surface area contributed by atoms with Gasteiger partial charge in [0, 0.05) is 22.7 Å². The number of rotatable bonds is 4. The van der Waals surface area contributed by atoms with Gasteiger partial charge in [-0.3, -0.25) is 0 Å². The maximum absolute atomic E-state index is 12.7. The summed E-state index contributed by atoms with van der Waals surface area (Å²) in [7, 11) is 1.42. The number of esters is 1. The first-order valence-corrected chi connectivity index (χ1v) is 11.3. The molecule has 1 aliphatic rings. The summed E-state index contributed by atoms with van der Waals surface area (Å²) in [4.78, 5) is 12.7. The first-order valence-electron chi connectivity index (χ1n) is 11.3. The van der Waals surface area contributed by atoms with Gasteiger partial charge in [0.05, 0.1) is 37.1 Å². The average Bonchev–Trinajstić information content (AvgIpc) is 3.53. The fourth-order valence-corrected chi connectivity index (χ4v) is 4.97. The summed E-state index contributed by atoms with van der Waals surface area (Å²) in [6.45, 7) is 1.15. The molecule has 34 heavy (non-hydrogen) atoms. The number of fused-ring (bicyclic) bond motifs is 2. The molecule has 2 heterocycles. The third kappa shape index (κ3) is 3.23. The van der Waals surface area contributed by atoms with Crippen LogP contribution in [0.2, 0.25) is 0 Å². The second-order valence-corrected chi connectivity index (χ2v) is 8.43. The highest BCUT2D eigenvalue weighted by Gasteiger charge is 2.26. The van der Waals surface area contributed by atoms with E-state index in [1.165, 1.54) is 18.2 Å². The zero-order chi connectivity index (χ0) is 23.1. The minimum atomic E-state index is -0.345. The Kier molecular flexibility index (Phi) is 5.01. The van der Waals surface area contributed by atoms with Gasteiger partial charge in [0.2, 0.25) is 0 Å². The SMILES string of the molecule is COC(=O)c1cn(-c2c(-c3ccccc3)cc3c(c2-c2ccccc2)COC3)c2ccccc12. The van der Waals surface area contributed by atoms with E-state index in [2.05, 4.69) is 65.2 Å². The van der Waals surface area contributed by atoms with Gasteiger partial charge in [0.15, 0.2) is 0 Å². The van der Waals surface area contributed by atoms with Crippen LogP contribution in [0.25, 0.3) is 38.8 Å². The number of ether oxygens (including phenoxy) is 2. The van der Waals surface area contributed by atoms with Gasteiger partial charge in [-0.15, -0.1) is 0 Å². The molecule has 166 valence electrons. The zero-order valence-corrected chi connectivity index (χ0v) is 18.8. The Bertz CT molecular complexity index is 1520. The van der Waals surface area contributed by atoms with Crippen LogP contribution in [0.5, 0.6) is 0 Å². The molecular weight excluding hydrogens is 422 g/mol. The predicted octanol–water partition coefficient (Wildman–Crippen LogP) is 6.78. The van der Waals surface area contributed by atoms with Gasteiger partial charge in [-0.05, 0) is 34.4 Å². The molecule has 0 N–H and O–H groups in total. The lowest BCUT2D eigenvalue weighted by atomic mass is 9.89. The highest BCUT2D eigenvalue weighted by atomic mass is 16.5. The van der Waals surface area contributed by atoms with E-state index in [4.69, 9.17) is 9.47 Å². The predicted molar refractivity (Wildman–Crippen MR) is 134 cm³/mol. The topological polar surface area (TPSA) is 40.5 Å². The lowest BCUT2D eigenvalue weighted by Gasteiger charge is -2.21. The highest BCUT2D eigenvalue weighted by Crippen LogP contribution is 2.44. The van der Waals surface area contributed by atoms with Crippen LogP contribution < -0.4 is 0 Å². The fourth-order valence-electron chi connectivity index (χ4n) is 4.97. The molecule has 0 aliphatic carbocycles. The van der Waals surface area contributed by atoms with Crippen LogP contribution in [-0.2, 0) is 22.7 Å². The van der Waals surface area contributed by atoms with Crippen LogP contribution in [0.3, 0.4) is 0 Å². The maximum atomic E-state index is 12.7. The third-order valence-electron chi connectivity index (χ3n) is 6.51. The summed E-state index contributed by atoms with van der Waals surface area (Å²) in [5, 5.41) is 0.865. The largest absolute Gasteiger partial charge is 0.465 e. The van der Waals surface area contributed by atoms with Crippen molar-refractivity contribution in [1.29, 1.82) is 0 Å². The number of nitrogens with zero attached hydrogens (tertiary/aromatic N) is 1. The van der Waals surface area contributed by atoms with Crippen molar-refractivity contribution in [2.24, 2.45) is 0 Å². The van der Waals surface area contributed by atoms with E-state index in [0.717, 1.165) is 38.8 Å². The number of hydrogen-bond acceptors (Lipinski definition) is 3. The van der Waals surface area contributed by atoms with Crippen molar-refractivity contribution >= 4 is 16.9 Å². The second kappa shape index (κ2) is 8.32. The van der Waals surface area contributed by atoms with Gasteiger partial charge in [-0.2, -0.15) is 0 Å². The Balaban J connectivity index is 1.78. The first-order chi connectivity index (χ1) is 16.8. The van der Waals surface area contributed by atoms with Crippen LogP contribution in [-0.4, -0.2) is 17.6 Å². The van der Waals surface area contributed by atoms with Gasteiger partial charge in [-0.25, -0.2) is 4.79 Å². The summed E-state index contributed by atoms with van der Waals surface area (Å²) in [6.07, 6.45) is 1.91. The normalized spacial score (nSPS) is 12.6. The number of carbonyl (C=O) groups excluding carboxylic acids is 1. The lowest BCUT2D eigenvalue weighted by Crippen LogP contribution is -2.04. The van der Waals surface area contributed by atoms with E-state index in [0.29, 0.717) is 18.8 Å². The Morgan fingerprint density at radius 2 is 1.53 bits per heavy atom. The molecule has 0 amide bonds. The quantitative estimate of drug-likeness (QED) is 0.286. The monoisotopic (exact) mass is 445 g/mol. The molecule has 0 atom stereocenters. The van der Waals surface area contributed by atoms with Crippen molar-refractivity contribution in [3.8, 4) is 27.9 Å². The van der Waals surface area contributed by atoms with E-state index in [9.17, 15) is 4.79 Å². The van der Waals surface area contributed by atoms with Crippen molar-refractivity contribution in [1.82, 2.24) is 4.57 Å². The summed E-state index contributed by atoms with van der Waals surface area (Å²) < 4.78 is 13.2. The first kappa shape index (κ1) is 20.5. The van der Waals surface area contributed by atoms with Crippen LogP contribution in [0.15, 0.2) is 97.2 Å². The van der Waals surface area contributed by atoms with Crippen LogP contribution in [0.1, 0.15) is 21.5 Å². The number of methoxy groups -OCH3 is 1. The van der Waals surface area contributed by atoms with Gasteiger partial charge in [0.1, 0.15) is 0 Å². The molecule has 5 aromatic rings. The zero-order valence-electron chi connectivity index (χ0n) is 18.8. The average molecular weight is 446 g/mol. The standard InChI is InChI=1S/C30H23NO3/c1-33-30(32)25-17-31(27-15-9-8-14-23(25)27)29-24(20-10-4-2-5-11-20)16-22-18-34-19-26(22)28(29)21-12-6-3-7-13-21/h2-17H,18-19H2,1H3. The Labute approximate surface area is 198 Å². The van der Waals surface area contributed by atoms with Crippen LogP contribution >= 0.6 is 0 Å². The van der Waals surface area contributed by atoms with E-state index >= 15 is 0 Å². The number of hydrogen-bond donors (Lipinski definition) is 0. The van der Waals surface area contributed by atoms with Gasteiger partial charge in [0.25, 0.3) is 0 Å². The molecular formula is C30H23NO3. The molecule has 4 nitrogen and oxygen atoms in total. The Hall–Kier alpha value is -4.15. The highest BCUT2D eigenvalue weighted by molar-refractivity contribution is 6.06. The number of benzene rings is 4. The molecule has 4 aromatic carbocycles. The number of aromatic nitrogens is 1. The van der Waals surface area contributed by atoms with Gasteiger partial charge in [-0.1, -0.05) is 78.9 Å². The molecule has 1 aromatic heterocycles. The van der Waals surface area contributed by atoms with E-state index in [1.807, 2.05) is 36.5 Å². The maximum Gasteiger partial charge on any atom is 0.340 e. The minimum absolute atomic E-state index is 0.345. The van der Waals surface area contributed by atoms with Crippen molar-refractivity contribution in [2.75, 3.05) is 7.11 Å². The van der Waals surface area contributed by atoms with Crippen molar-refractivity contribution in [3.05, 3.63) is 114 Å². The Morgan fingerprint density at radius 3 is 2.26 bits per heavy atom. The lowest BCUT2D eigenvalue weighted by molar-refractivity contribution is 0.0603.